The second-order valence-electron chi connectivity index (χ2n) is 4.27. The Hall–Kier alpha value is -2.13. The van der Waals surface area contributed by atoms with Crippen LogP contribution in [0.2, 0.25) is 0 Å². The molecule has 2 aromatic carbocycles. The summed E-state index contributed by atoms with van der Waals surface area (Å²) in [5.41, 5.74) is 8.69. The van der Waals surface area contributed by atoms with E-state index < -0.39 is 0 Å². The average Bonchev–Trinajstić information content (AvgIpc) is 2.83. The van der Waals surface area contributed by atoms with E-state index in [1.165, 1.54) is 5.56 Å². The second-order valence-corrected chi connectivity index (χ2v) is 4.27. The molecule has 1 heterocycles. The summed E-state index contributed by atoms with van der Waals surface area (Å²) in [6, 6.07) is 16.2. The molecule has 3 aromatic rings. The van der Waals surface area contributed by atoms with Crippen LogP contribution in [-0.4, -0.2) is 11.7 Å². The van der Waals surface area contributed by atoms with Crippen molar-refractivity contribution in [1.82, 2.24) is 5.16 Å². The minimum Gasteiger partial charge on any atom is -0.355 e. The Kier molecular flexibility index (Phi) is 2.82. The molecule has 0 radical (unpaired) electrons. The summed E-state index contributed by atoms with van der Waals surface area (Å²) >= 11 is 0. The molecule has 0 saturated heterocycles. The minimum absolute atomic E-state index is 0.648. The maximum absolute atomic E-state index is 5.56. The topological polar surface area (TPSA) is 52.0 Å². The van der Waals surface area contributed by atoms with E-state index in [1.807, 2.05) is 36.4 Å². The molecule has 0 spiro atoms. The zero-order chi connectivity index (χ0) is 12.4. The van der Waals surface area contributed by atoms with Crippen molar-refractivity contribution in [3.05, 3.63) is 54.1 Å². The molecule has 1 aromatic heterocycles. The van der Waals surface area contributed by atoms with E-state index in [0.29, 0.717) is 6.54 Å². The third kappa shape index (κ3) is 1.89. The van der Waals surface area contributed by atoms with Crippen molar-refractivity contribution in [2.24, 2.45) is 5.73 Å². The Balaban J connectivity index is 2.10. The van der Waals surface area contributed by atoms with Gasteiger partial charge in [-0.1, -0.05) is 41.6 Å². The molecule has 18 heavy (non-hydrogen) atoms. The lowest BCUT2D eigenvalue weighted by Gasteiger charge is -1.98. The van der Waals surface area contributed by atoms with Crippen molar-refractivity contribution < 1.29 is 4.52 Å². The van der Waals surface area contributed by atoms with Crippen molar-refractivity contribution in [1.29, 1.82) is 0 Å². The number of fused-ring (bicyclic) bond motifs is 1. The number of nitrogens with two attached hydrogens (primary N) is 1. The number of benzene rings is 2. The first kappa shape index (κ1) is 11.0. The molecule has 0 amide bonds. The first-order valence-corrected chi connectivity index (χ1v) is 6.02. The highest BCUT2D eigenvalue weighted by atomic mass is 16.5. The van der Waals surface area contributed by atoms with Crippen molar-refractivity contribution in [2.45, 2.75) is 6.42 Å². The second kappa shape index (κ2) is 4.63. The van der Waals surface area contributed by atoms with Gasteiger partial charge in [0.05, 0.1) is 0 Å². The summed E-state index contributed by atoms with van der Waals surface area (Å²) in [5.74, 6) is 0.824. The molecule has 90 valence electrons. The first-order valence-electron chi connectivity index (χ1n) is 6.02. The quantitative estimate of drug-likeness (QED) is 0.763. The van der Waals surface area contributed by atoms with Crippen LogP contribution in [-0.2, 0) is 6.42 Å². The minimum atomic E-state index is 0.648. The zero-order valence-electron chi connectivity index (χ0n) is 9.97. The molecular formula is C15H14N2O. The van der Waals surface area contributed by atoms with Crippen molar-refractivity contribution >= 4 is 10.9 Å². The maximum atomic E-state index is 5.56. The van der Waals surface area contributed by atoms with E-state index in [-0.39, 0.29) is 0 Å². The number of nitrogens with zero attached hydrogens (tertiary/aromatic N) is 1. The number of rotatable bonds is 3. The predicted octanol–water partition coefficient (Wildman–Crippen LogP) is 3.00. The van der Waals surface area contributed by atoms with E-state index in [4.69, 9.17) is 10.3 Å². The lowest BCUT2D eigenvalue weighted by molar-refractivity contribution is 0.441. The van der Waals surface area contributed by atoms with Crippen LogP contribution in [0.5, 0.6) is 0 Å². The lowest BCUT2D eigenvalue weighted by Crippen LogP contribution is -2.02. The van der Waals surface area contributed by atoms with Crippen LogP contribution in [0, 0.1) is 0 Å². The van der Waals surface area contributed by atoms with Gasteiger partial charge in [0.1, 0.15) is 5.52 Å². The van der Waals surface area contributed by atoms with Crippen LogP contribution >= 0.6 is 0 Å². The van der Waals surface area contributed by atoms with Crippen LogP contribution in [0.1, 0.15) is 5.56 Å². The number of hydrogen-bond donors (Lipinski definition) is 1. The molecule has 3 rings (SSSR count). The zero-order valence-corrected chi connectivity index (χ0v) is 9.97. The average molecular weight is 238 g/mol. The molecule has 0 aliphatic heterocycles. The van der Waals surface area contributed by atoms with E-state index in [9.17, 15) is 0 Å². The Labute approximate surface area is 105 Å². The van der Waals surface area contributed by atoms with Crippen LogP contribution < -0.4 is 5.73 Å². The Morgan fingerprint density at radius 1 is 1.06 bits per heavy atom. The maximum Gasteiger partial charge on any atom is 0.174 e. The van der Waals surface area contributed by atoms with Gasteiger partial charge in [0, 0.05) is 10.9 Å². The normalized spacial score (nSPS) is 10.9. The highest BCUT2D eigenvalue weighted by Gasteiger charge is 2.10. The molecule has 2 N–H and O–H groups in total. The fraction of sp³-hybridized carbons (Fsp3) is 0.133. The van der Waals surface area contributed by atoms with E-state index in [0.717, 1.165) is 28.6 Å². The van der Waals surface area contributed by atoms with Gasteiger partial charge >= 0.3 is 0 Å². The van der Waals surface area contributed by atoms with Gasteiger partial charge in [0.25, 0.3) is 0 Å². The summed E-state index contributed by atoms with van der Waals surface area (Å²) in [5, 5.41) is 5.17. The fourth-order valence-electron chi connectivity index (χ4n) is 2.11. The molecule has 0 aliphatic carbocycles. The van der Waals surface area contributed by atoms with Gasteiger partial charge in [0.15, 0.2) is 5.76 Å². The molecule has 0 bridgehead atoms. The van der Waals surface area contributed by atoms with Crippen LogP contribution in [0.25, 0.3) is 22.2 Å². The highest BCUT2D eigenvalue weighted by molar-refractivity contribution is 5.91. The third-order valence-electron chi connectivity index (χ3n) is 3.01. The van der Waals surface area contributed by atoms with Crippen LogP contribution in [0.4, 0.5) is 0 Å². The van der Waals surface area contributed by atoms with Gasteiger partial charge in [-0.05, 0) is 30.7 Å². The number of aromatic nitrogens is 1. The van der Waals surface area contributed by atoms with Gasteiger partial charge in [-0.15, -0.1) is 0 Å². The van der Waals surface area contributed by atoms with Gasteiger partial charge in [-0.25, -0.2) is 0 Å². The monoisotopic (exact) mass is 238 g/mol. The van der Waals surface area contributed by atoms with E-state index in [1.54, 1.807) is 0 Å². The van der Waals surface area contributed by atoms with E-state index >= 15 is 0 Å². The Morgan fingerprint density at radius 3 is 2.67 bits per heavy atom. The van der Waals surface area contributed by atoms with Crippen molar-refractivity contribution in [3.63, 3.8) is 0 Å². The summed E-state index contributed by atoms with van der Waals surface area (Å²) in [4.78, 5) is 0. The highest BCUT2D eigenvalue weighted by Crippen LogP contribution is 2.28. The molecule has 0 unspecified atom stereocenters. The molecule has 0 aliphatic rings. The molecule has 3 nitrogen and oxygen atoms in total. The number of hydrogen-bond acceptors (Lipinski definition) is 3. The standard InChI is InChI=1S/C15H14N2O/c16-9-8-11-6-7-13-14(10-11)17-18-15(13)12-4-2-1-3-5-12/h1-7,10H,8-9,16H2. The smallest absolute Gasteiger partial charge is 0.174 e. The molecule has 0 fully saturated rings. The summed E-state index contributed by atoms with van der Waals surface area (Å²) < 4.78 is 5.45. The Morgan fingerprint density at radius 2 is 1.89 bits per heavy atom. The summed E-state index contributed by atoms with van der Waals surface area (Å²) in [7, 11) is 0. The van der Waals surface area contributed by atoms with Gasteiger partial charge < -0.3 is 10.3 Å². The molecule has 3 heteroatoms. The Bertz CT molecular complexity index is 659. The van der Waals surface area contributed by atoms with Crippen molar-refractivity contribution in [2.75, 3.05) is 6.54 Å². The SMILES string of the molecule is NCCc1ccc2c(-c3ccccc3)onc2c1. The van der Waals surface area contributed by atoms with Crippen molar-refractivity contribution in [3.8, 4) is 11.3 Å². The van der Waals surface area contributed by atoms with E-state index in [2.05, 4.69) is 17.3 Å². The van der Waals surface area contributed by atoms with Gasteiger partial charge in [0.2, 0.25) is 0 Å². The molecule has 0 atom stereocenters. The fourth-order valence-corrected chi connectivity index (χ4v) is 2.11. The lowest BCUT2D eigenvalue weighted by atomic mass is 10.1. The third-order valence-corrected chi connectivity index (χ3v) is 3.01. The van der Waals surface area contributed by atoms with Crippen LogP contribution in [0.3, 0.4) is 0 Å². The largest absolute Gasteiger partial charge is 0.355 e. The van der Waals surface area contributed by atoms with Gasteiger partial charge in [-0.3, -0.25) is 0 Å². The summed E-state index contributed by atoms with van der Waals surface area (Å²) in [6.45, 7) is 0.648. The summed E-state index contributed by atoms with van der Waals surface area (Å²) in [6.07, 6.45) is 0.865. The van der Waals surface area contributed by atoms with Crippen LogP contribution in [0.15, 0.2) is 53.1 Å². The first-order chi connectivity index (χ1) is 8.88. The molecular weight excluding hydrogens is 224 g/mol. The predicted molar refractivity (Wildman–Crippen MR) is 72.2 cm³/mol. The van der Waals surface area contributed by atoms with Gasteiger partial charge in [-0.2, -0.15) is 0 Å². The molecule has 0 saturated carbocycles.